The van der Waals surface area contributed by atoms with Gasteiger partial charge in [0, 0.05) is 14.1 Å². The van der Waals surface area contributed by atoms with Crippen molar-refractivity contribution in [2.75, 3.05) is 26.5 Å². The highest BCUT2D eigenvalue weighted by molar-refractivity contribution is 7.89. The predicted octanol–water partition coefficient (Wildman–Crippen LogP) is 2.06. The van der Waals surface area contributed by atoms with Crippen LogP contribution in [0.1, 0.15) is 28.7 Å². The number of carbonyl (C=O) groups is 1. The second-order valence-electron chi connectivity index (χ2n) is 5.52. The normalized spacial score (nSPS) is 11.6. The third kappa shape index (κ3) is 3.67. The number of carbonyl (C=O) groups excluding carboxylic acids is 1. The Hall–Kier alpha value is -2.39. The van der Waals surface area contributed by atoms with E-state index in [-0.39, 0.29) is 10.6 Å². The quantitative estimate of drug-likeness (QED) is 0.838. The zero-order valence-electron chi connectivity index (χ0n) is 14.8. The monoisotopic (exact) mass is 367 g/mol. The van der Waals surface area contributed by atoms with Gasteiger partial charge in [0.25, 0.3) is 5.91 Å². The molecule has 1 aromatic heterocycles. The van der Waals surface area contributed by atoms with Crippen molar-refractivity contribution in [1.82, 2.24) is 9.46 Å². The van der Waals surface area contributed by atoms with Gasteiger partial charge in [0.2, 0.25) is 10.0 Å². The van der Waals surface area contributed by atoms with Crippen molar-refractivity contribution in [3.63, 3.8) is 0 Å². The maximum absolute atomic E-state index is 12.6. The Labute approximate surface area is 146 Å². The maximum Gasteiger partial charge on any atom is 0.261 e. The van der Waals surface area contributed by atoms with E-state index in [2.05, 4.69) is 10.5 Å². The van der Waals surface area contributed by atoms with Crippen molar-refractivity contribution in [2.45, 2.75) is 25.2 Å². The molecule has 9 heteroatoms. The lowest BCUT2D eigenvalue weighted by Crippen LogP contribution is -2.22. The molecule has 1 N–H and O–H groups in total. The summed E-state index contributed by atoms with van der Waals surface area (Å²) in [6, 6.07) is 4.28. The topological polar surface area (TPSA) is 102 Å². The summed E-state index contributed by atoms with van der Waals surface area (Å²) in [7, 11) is 0.671. The fraction of sp³-hybridized carbons (Fsp3) is 0.375. The van der Waals surface area contributed by atoms with Gasteiger partial charge in [-0.05, 0) is 31.5 Å². The molecule has 0 bridgehead atoms. The molecule has 0 atom stereocenters. The minimum atomic E-state index is -3.64. The fourth-order valence-electron chi connectivity index (χ4n) is 2.29. The highest BCUT2D eigenvalue weighted by Crippen LogP contribution is 2.29. The molecule has 0 aliphatic carbocycles. The highest BCUT2D eigenvalue weighted by atomic mass is 32.2. The van der Waals surface area contributed by atoms with Crippen LogP contribution in [0.2, 0.25) is 0 Å². The molecule has 1 amide bonds. The molecule has 1 aromatic carbocycles. The number of methoxy groups -OCH3 is 1. The lowest BCUT2D eigenvalue weighted by atomic mass is 10.1. The van der Waals surface area contributed by atoms with E-state index in [9.17, 15) is 13.2 Å². The van der Waals surface area contributed by atoms with Gasteiger partial charge in [0.05, 0.1) is 23.4 Å². The highest BCUT2D eigenvalue weighted by Gasteiger charge is 2.23. The van der Waals surface area contributed by atoms with E-state index in [1.165, 1.54) is 39.4 Å². The number of benzene rings is 1. The van der Waals surface area contributed by atoms with Crippen LogP contribution in [0.25, 0.3) is 0 Å². The molecule has 2 rings (SSSR count). The van der Waals surface area contributed by atoms with E-state index in [4.69, 9.17) is 9.26 Å². The molecular formula is C16H21N3O5S. The Kier molecular flexibility index (Phi) is 5.48. The Morgan fingerprint density at radius 3 is 2.60 bits per heavy atom. The summed E-state index contributed by atoms with van der Waals surface area (Å²) in [6.45, 7) is 3.50. The van der Waals surface area contributed by atoms with Crippen molar-refractivity contribution < 1.29 is 22.5 Å². The summed E-state index contributed by atoms with van der Waals surface area (Å²) < 4.78 is 36.0. The van der Waals surface area contributed by atoms with Gasteiger partial charge in [0.15, 0.2) is 0 Å². The molecule has 25 heavy (non-hydrogen) atoms. The molecule has 0 saturated carbocycles. The van der Waals surface area contributed by atoms with Crippen LogP contribution in [-0.2, 0) is 16.4 Å². The molecule has 1 heterocycles. The van der Waals surface area contributed by atoms with E-state index < -0.39 is 15.9 Å². The number of aryl methyl sites for hydroxylation is 2. The fourth-order valence-corrected chi connectivity index (χ4v) is 3.22. The Morgan fingerprint density at radius 2 is 2.04 bits per heavy atom. The molecule has 2 aromatic rings. The van der Waals surface area contributed by atoms with Crippen LogP contribution in [-0.4, -0.2) is 45.0 Å². The predicted molar refractivity (Wildman–Crippen MR) is 92.4 cm³/mol. The first kappa shape index (κ1) is 18.9. The van der Waals surface area contributed by atoms with Crippen molar-refractivity contribution in [2.24, 2.45) is 0 Å². The molecule has 0 spiro atoms. The number of ether oxygens (including phenoxy) is 1. The van der Waals surface area contributed by atoms with Crippen LogP contribution >= 0.6 is 0 Å². The zero-order chi connectivity index (χ0) is 18.8. The lowest BCUT2D eigenvalue weighted by molar-refractivity contribution is 0.102. The van der Waals surface area contributed by atoms with Gasteiger partial charge in [-0.25, -0.2) is 12.7 Å². The van der Waals surface area contributed by atoms with E-state index >= 15 is 0 Å². The van der Waals surface area contributed by atoms with Crippen LogP contribution in [0.5, 0.6) is 5.75 Å². The van der Waals surface area contributed by atoms with Crippen LogP contribution in [0.4, 0.5) is 5.69 Å². The second-order valence-corrected chi connectivity index (χ2v) is 7.67. The summed E-state index contributed by atoms with van der Waals surface area (Å²) in [5.74, 6) is 0.303. The van der Waals surface area contributed by atoms with Crippen LogP contribution in [0, 0.1) is 6.92 Å². The molecule has 0 radical (unpaired) electrons. The van der Waals surface area contributed by atoms with Crippen molar-refractivity contribution in [3.8, 4) is 5.75 Å². The summed E-state index contributed by atoms with van der Waals surface area (Å²) in [6.07, 6.45) is 0.534. The van der Waals surface area contributed by atoms with Gasteiger partial charge >= 0.3 is 0 Å². The summed E-state index contributed by atoms with van der Waals surface area (Å²) in [5, 5.41) is 6.53. The number of aromatic nitrogens is 1. The van der Waals surface area contributed by atoms with E-state index in [1.807, 2.05) is 6.92 Å². The van der Waals surface area contributed by atoms with Crippen LogP contribution in [0.3, 0.4) is 0 Å². The average Bonchev–Trinajstić information content (AvgIpc) is 2.95. The minimum absolute atomic E-state index is 0.0476. The van der Waals surface area contributed by atoms with Crippen molar-refractivity contribution in [3.05, 3.63) is 35.2 Å². The maximum atomic E-state index is 12.6. The van der Waals surface area contributed by atoms with Gasteiger partial charge in [-0.15, -0.1) is 0 Å². The summed E-state index contributed by atoms with van der Waals surface area (Å²) >= 11 is 0. The summed E-state index contributed by atoms with van der Waals surface area (Å²) in [4.78, 5) is 12.7. The number of rotatable bonds is 6. The number of amides is 1. The molecule has 0 aliphatic heterocycles. The number of nitrogens with zero attached hydrogens (tertiary/aromatic N) is 2. The zero-order valence-corrected chi connectivity index (χ0v) is 15.6. The third-order valence-corrected chi connectivity index (χ3v) is 5.50. The molecule has 136 valence electrons. The summed E-state index contributed by atoms with van der Waals surface area (Å²) in [5.41, 5.74) is 1.12. The van der Waals surface area contributed by atoms with Crippen LogP contribution < -0.4 is 10.1 Å². The van der Waals surface area contributed by atoms with E-state index in [0.29, 0.717) is 29.2 Å². The smallest absolute Gasteiger partial charge is 0.261 e. The first-order valence-electron chi connectivity index (χ1n) is 7.59. The van der Waals surface area contributed by atoms with Gasteiger partial charge in [-0.3, -0.25) is 4.79 Å². The molecule has 0 unspecified atom stereocenters. The van der Waals surface area contributed by atoms with Crippen molar-refractivity contribution in [1.29, 1.82) is 0 Å². The molecular weight excluding hydrogens is 346 g/mol. The lowest BCUT2D eigenvalue weighted by Gasteiger charge is -2.15. The molecule has 0 fully saturated rings. The number of anilines is 1. The van der Waals surface area contributed by atoms with E-state index in [1.54, 1.807) is 6.92 Å². The standard InChI is InChI=1S/C16H21N3O5S/c1-6-12-15(10(2)24-18-12)16(20)17-13-9-11(7-8-14(13)23-5)25(21,22)19(3)4/h7-9H,6H2,1-5H3,(H,17,20). The minimum Gasteiger partial charge on any atom is -0.495 e. The van der Waals surface area contributed by atoms with Crippen molar-refractivity contribution >= 4 is 21.6 Å². The third-order valence-electron chi connectivity index (χ3n) is 3.69. The Bertz CT molecular complexity index is 887. The van der Waals surface area contributed by atoms with Gasteiger partial charge < -0.3 is 14.6 Å². The first-order valence-corrected chi connectivity index (χ1v) is 9.03. The number of sulfonamides is 1. The SMILES string of the molecule is CCc1noc(C)c1C(=O)Nc1cc(S(=O)(=O)N(C)C)ccc1OC. The van der Waals surface area contributed by atoms with Gasteiger partial charge in [-0.2, -0.15) is 0 Å². The van der Waals surface area contributed by atoms with Crippen LogP contribution in [0.15, 0.2) is 27.6 Å². The number of hydrogen-bond donors (Lipinski definition) is 1. The van der Waals surface area contributed by atoms with Gasteiger partial charge in [0.1, 0.15) is 17.1 Å². The number of hydrogen-bond acceptors (Lipinski definition) is 6. The second kappa shape index (κ2) is 7.24. The first-order chi connectivity index (χ1) is 11.7. The average molecular weight is 367 g/mol. The van der Waals surface area contributed by atoms with Gasteiger partial charge in [-0.1, -0.05) is 12.1 Å². The molecule has 0 saturated heterocycles. The van der Waals surface area contributed by atoms with E-state index in [0.717, 1.165) is 4.31 Å². The molecule has 0 aliphatic rings. The largest absolute Gasteiger partial charge is 0.495 e. The Morgan fingerprint density at radius 1 is 1.36 bits per heavy atom. The molecule has 8 nitrogen and oxygen atoms in total. The Balaban J connectivity index is 2.44. The number of nitrogens with one attached hydrogen (secondary N) is 1.